The summed E-state index contributed by atoms with van der Waals surface area (Å²) in [7, 11) is 1.60. The molecule has 50 heavy (non-hydrogen) atoms. The molecule has 0 bridgehead atoms. The van der Waals surface area contributed by atoms with Crippen molar-refractivity contribution in [1.29, 1.82) is 0 Å². The molecule has 0 heterocycles. The molecule has 4 N–H and O–H groups in total. The number of aliphatic hydroxyl groups is 2. The number of nitrogens with zero attached hydrogens (tertiary/aromatic N) is 1. The Hall–Kier alpha value is -5.51. The fourth-order valence-corrected chi connectivity index (χ4v) is 4.89. The molecule has 5 aromatic carbocycles. The Labute approximate surface area is 293 Å². The Morgan fingerprint density at radius 3 is 1.66 bits per heavy atom. The normalized spacial score (nSPS) is 11.8. The van der Waals surface area contributed by atoms with Crippen LogP contribution in [-0.4, -0.2) is 45.0 Å². The monoisotopic (exact) mass is 679 g/mol. The summed E-state index contributed by atoms with van der Waals surface area (Å²) in [6.07, 6.45) is -0.466. The van der Waals surface area contributed by atoms with Gasteiger partial charge in [-0.3, -0.25) is 0 Å². The molecule has 0 fully saturated rings. The number of carbonyl (C=O) groups excluding carboxylic acids is 1. The first-order valence-corrected chi connectivity index (χ1v) is 16.5. The number of rotatable bonds is 14. The molecule has 1 amide bonds. The Bertz CT molecular complexity index is 1730. The molecule has 2 atom stereocenters. The van der Waals surface area contributed by atoms with Crippen LogP contribution in [0, 0.1) is 0 Å². The highest BCUT2D eigenvalue weighted by atomic mass is 16.6. The third-order valence-corrected chi connectivity index (χ3v) is 7.74. The van der Waals surface area contributed by atoms with Crippen LogP contribution in [0.5, 0.6) is 23.0 Å². The molecule has 0 aliphatic carbocycles. The highest BCUT2D eigenvalue weighted by Gasteiger charge is 2.19. The van der Waals surface area contributed by atoms with Gasteiger partial charge in [-0.15, -0.1) is 0 Å². The molecule has 0 aliphatic heterocycles. The lowest BCUT2D eigenvalue weighted by molar-refractivity contribution is 0.0786. The summed E-state index contributed by atoms with van der Waals surface area (Å²) in [4.78, 5) is 13.8. The maximum atomic E-state index is 12.4. The quantitative estimate of drug-likeness (QED) is 0.0868. The van der Waals surface area contributed by atoms with Gasteiger partial charge in [-0.1, -0.05) is 116 Å². The molecule has 262 valence electrons. The van der Waals surface area contributed by atoms with E-state index in [4.69, 9.17) is 24.4 Å². The van der Waals surface area contributed by atoms with Crippen LogP contribution in [0.3, 0.4) is 0 Å². The molecule has 0 aromatic heterocycles. The lowest BCUT2D eigenvalue weighted by Gasteiger charge is -2.22. The summed E-state index contributed by atoms with van der Waals surface area (Å²) in [6.45, 7) is 2.96. The number of benzene rings is 5. The maximum Gasteiger partial charge on any atom is 0.409 e. The number of amides is 1. The van der Waals surface area contributed by atoms with E-state index in [1.54, 1.807) is 31.3 Å². The molecule has 5 aromatic rings. The van der Waals surface area contributed by atoms with Gasteiger partial charge in [0.05, 0.1) is 18.8 Å². The Kier molecular flexibility index (Phi) is 14.5. The zero-order valence-electron chi connectivity index (χ0n) is 28.4. The molecule has 0 aliphatic rings. The van der Waals surface area contributed by atoms with Crippen LogP contribution in [0.2, 0.25) is 0 Å². The van der Waals surface area contributed by atoms with Gasteiger partial charge in [0.25, 0.3) is 0 Å². The molecule has 9 nitrogen and oxygen atoms in total. The SMILES string of the molecule is CCC[C@H](O)c1ccc(O)c(O)c1.CN(C[C@H](O)c1ccc(OCc2ccccc2)c(OCc2ccccc2)c1)C(=O)OCc1ccccc1. The number of hydrogen-bond acceptors (Lipinski definition) is 8. The molecule has 0 saturated heterocycles. The number of hydrogen-bond donors (Lipinski definition) is 4. The zero-order valence-corrected chi connectivity index (χ0v) is 28.4. The molecule has 0 saturated carbocycles. The molecule has 0 spiro atoms. The van der Waals surface area contributed by atoms with Gasteiger partial charge < -0.3 is 39.5 Å². The predicted octanol–water partition coefficient (Wildman–Crippen LogP) is 8.08. The van der Waals surface area contributed by atoms with E-state index < -0.39 is 18.3 Å². The van der Waals surface area contributed by atoms with E-state index in [2.05, 4.69) is 0 Å². The maximum absolute atomic E-state index is 12.4. The lowest BCUT2D eigenvalue weighted by atomic mass is 10.0. The van der Waals surface area contributed by atoms with Crippen LogP contribution < -0.4 is 9.47 Å². The van der Waals surface area contributed by atoms with Gasteiger partial charge in [0.2, 0.25) is 0 Å². The van der Waals surface area contributed by atoms with Crippen LogP contribution in [0.15, 0.2) is 127 Å². The van der Waals surface area contributed by atoms with Crippen LogP contribution in [0.25, 0.3) is 0 Å². The second kappa shape index (κ2) is 19.5. The molecular formula is C41H45NO8. The first-order valence-electron chi connectivity index (χ1n) is 16.5. The van der Waals surface area contributed by atoms with Gasteiger partial charge in [-0.05, 0) is 58.5 Å². The summed E-state index contributed by atoms with van der Waals surface area (Å²) in [6, 6.07) is 38.9. The van der Waals surface area contributed by atoms with Gasteiger partial charge in [-0.2, -0.15) is 0 Å². The van der Waals surface area contributed by atoms with Gasteiger partial charge >= 0.3 is 6.09 Å². The number of carbonyl (C=O) groups is 1. The third-order valence-electron chi connectivity index (χ3n) is 7.74. The van der Waals surface area contributed by atoms with Crippen LogP contribution in [-0.2, 0) is 24.6 Å². The molecular weight excluding hydrogens is 634 g/mol. The van der Waals surface area contributed by atoms with E-state index in [-0.39, 0.29) is 24.7 Å². The van der Waals surface area contributed by atoms with Crippen LogP contribution in [0.1, 0.15) is 59.8 Å². The first kappa shape index (κ1) is 37.3. The molecule has 0 unspecified atom stereocenters. The summed E-state index contributed by atoms with van der Waals surface area (Å²) in [5.41, 5.74) is 4.20. The van der Waals surface area contributed by atoms with Crippen molar-refractivity contribution in [3.8, 4) is 23.0 Å². The lowest BCUT2D eigenvalue weighted by Crippen LogP contribution is -2.31. The molecule has 5 rings (SSSR count). The van der Waals surface area contributed by atoms with Crippen molar-refractivity contribution in [2.45, 2.75) is 51.8 Å². The average molecular weight is 680 g/mol. The average Bonchev–Trinajstić information content (AvgIpc) is 3.15. The second-order valence-electron chi connectivity index (χ2n) is 11.7. The number of aliphatic hydroxyl groups excluding tert-OH is 2. The Morgan fingerprint density at radius 2 is 1.12 bits per heavy atom. The van der Waals surface area contributed by atoms with E-state index in [0.717, 1.165) is 23.1 Å². The van der Waals surface area contributed by atoms with E-state index in [1.165, 1.54) is 17.0 Å². The summed E-state index contributed by atoms with van der Waals surface area (Å²) in [5.74, 6) is 0.747. The van der Waals surface area contributed by atoms with Crippen molar-refractivity contribution >= 4 is 6.09 Å². The van der Waals surface area contributed by atoms with Crippen molar-refractivity contribution in [3.63, 3.8) is 0 Å². The minimum Gasteiger partial charge on any atom is -0.504 e. The number of phenols is 2. The highest BCUT2D eigenvalue weighted by molar-refractivity contribution is 5.67. The standard InChI is InChI=1S/C31H31NO5.C10H14O3/c1-32(31(34)37-23-26-15-9-4-10-16-26)20-28(33)27-17-18-29(35-21-24-11-5-2-6-12-24)30(19-27)36-22-25-13-7-3-8-14-25;1-2-3-8(11)7-4-5-9(12)10(13)6-7/h2-19,28,33H,20-23H2,1H3;4-6,8,11-13H,2-3H2,1H3/t28-;8-/m00/s1. The topological polar surface area (TPSA) is 129 Å². The van der Waals surface area contributed by atoms with Crippen molar-refractivity contribution in [1.82, 2.24) is 4.90 Å². The first-order chi connectivity index (χ1) is 24.2. The largest absolute Gasteiger partial charge is 0.504 e. The number of ether oxygens (including phenoxy) is 3. The second-order valence-corrected chi connectivity index (χ2v) is 11.7. The fraction of sp³-hybridized carbons (Fsp3) is 0.244. The Morgan fingerprint density at radius 1 is 0.620 bits per heavy atom. The summed E-state index contributed by atoms with van der Waals surface area (Å²) in [5, 5.41) is 38.6. The zero-order chi connectivity index (χ0) is 35.7. The van der Waals surface area contributed by atoms with E-state index >= 15 is 0 Å². The number of likely N-dealkylation sites (N-methyl/N-ethyl adjacent to an activating group) is 1. The van der Waals surface area contributed by atoms with E-state index in [0.29, 0.717) is 42.3 Å². The summed E-state index contributed by atoms with van der Waals surface area (Å²) < 4.78 is 17.5. The number of aromatic hydroxyl groups is 2. The van der Waals surface area contributed by atoms with Crippen molar-refractivity contribution in [2.24, 2.45) is 0 Å². The van der Waals surface area contributed by atoms with Gasteiger partial charge in [0, 0.05) is 7.05 Å². The fourth-order valence-electron chi connectivity index (χ4n) is 4.89. The predicted molar refractivity (Wildman–Crippen MR) is 192 cm³/mol. The minimum atomic E-state index is -0.934. The van der Waals surface area contributed by atoms with Crippen LogP contribution in [0.4, 0.5) is 4.79 Å². The van der Waals surface area contributed by atoms with Crippen molar-refractivity contribution in [2.75, 3.05) is 13.6 Å². The minimum absolute atomic E-state index is 0.0654. The Balaban J connectivity index is 0.000000363. The van der Waals surface area contributed by atoms with Crippen molar-refractivity contribution < 1.29 is 39.4 Å². The van der Waals surface area contributed by atoms with E-state index in [1.807, 2.05) is 97.9 Å². The molecule has 9 heteroatoms. The molecule has 0 radical (unpaired) electrons. The van der Waals surface area contributed by atoms with Gasteiger partial charge in [-0.25, -0.2) is 4.79 Å². The van der Waals surface area contributed by atoms with Crippen molar-refractivity contribution in [3.05, 3.63) is 155 Å². The van der Waals surface area contributed by atoms with E-state index in [9.17, 15) is 15.0 Å². The van der Waals surface area contributed by atoms with Crippen LogP contribution >= 0.6 is 0 Å². The highest BCUT2D eigenvalue weighted by Crippen LogP contribution is 2.33. The van der Waals surface area contributed by atoms with Gasteiger partial charge in [0.15, 0.2) is 23.0 Å². The smallest absolute Gasteiger partial charge is 0.409 e. The number of phenolic OH excluding ortho intramolecular Hbond substituents is 2. The summed E-state index contributed by atoms with van der Waals surface area (Å²) >= 11 is 0. The van der Waals surface area contributed by atoms with Gasteiger partial charge in [0.1, 0.15) is 19.8 Å². The third kappa shape index (κ3) is 11.9.